The summed E-state index contributed by atoms with van der Waals surface area (Å²) in [6.45, 7) is 5.78. The van der Waals surface area contributed by atoms with Crippen molar-refractivity contribution in [3.63, 3.8) is 0 Å². The third kappa shape index (κ3) is 1.77. The topological polar surface area (TPSA) is 29.9 Å². The predicted molar refractivity (Wildman–Crippen MR) is 64.7 cm³/mol. The van der Waals surface area contributed by atoms with Crippen LogP contribution in [0, 0.1) is 0 Å². The molecular formula is C13H21N3. The first-order chi connectivity index (χ1) is 7.84. The molecular weight excluding hydrogens is 198 g/mol. The second-order valence-corrected chi connectivity index (χ2v) is 5.30. The fourth-order valence-corrected chi connectivity index (χ4v) is 3.02. The fraction of sp³-hybridized carbons (Fsp3) is 0.769. The minimum atomic E-state index is 0.652. The van der Waals surface area contributed by atoms with Crippen LogP contribution in [0.2, 0.25) is 0 Å². The number of hydrogen-bond acceptors (Lipinski definition) is 2. The summed E-state index contributed by atoms with van der Waals surface area (Å²) in [6, 6.07) is 0. The van der Waals surface area contributed by atoms with E-state index in [1.165, 1.54) is 50.3 Å². The molecule has 0 aromatic carbocycles. The quantitative estimate of drug-likeness (QED) is 0.785. The summed E-state index contributed by atoms with van der Waals surface area (Å²) in [7, 11) is 0. The molecule has 0 saturated carbocycles. The van der Waals surface area contributed by atoms with Crippen molar-refractivity contribution in [3.8, 4) is 0 Å². The van der Waals surface area contributed by atoms with Crippen LogP contribution in [0.5, 0.6) is 0 Å². The number of aromatic nitrogens is 2. The molecule has 1 fully saturated rings. The molecule has 3 heteroatoms. The minimum absolute atomic E-state index is 0.652. The van der Waals surface area contributed by atoms with Gasteiger partial charge in [0.05, 0.1) is 5.69 Å². The van der Waals surface area contributed by atoms with Crippen LogP contribution >= 0.6 is 0 Å². The van der Waals surface area contributed by atoms with Gasteiger partial charge < -0.3 is 9.88 Å². The van der Waals surface area contributed by atoms with Gasteiger partial charge >= 0.3 is 0 Å². The minimum Gasteiger partial charge on any atom is -0.334 e. The largest absolute Gasteiger partial charge is 0.334 e. The van der Waals surface area contributed by atoms with E-state index in [2.05, 4.69) is 23.0 Å². The molecule has 1 N–H and O–H groups in total. The Kier molecular flexibility index (Phi) is 2.72. The fourth-order valence-electron chi connectivity index (χ4n) is 3.02. The summed E-state index contributed by atoms with van der Waals surface area (Å²) in [5.74, 6) is 2.63. The number of nitrogens with zero attached hydrogens (tertiary/aromatic N) is 2. The Labute approximate surface area is 97.3 Å². The molecule has 0 amide bonds. The maximum atomic E-state index is 4.88. The molecule has 1 saturated heterocycles. The van der Waals surface area contributed by atoms with Crippen molar-refractivity contribution in [2.75, 3.05) is 13.1 Å². The van der Waals surface area contributed by atoms with Crippen LogP contribution in [0.3, 0.4) is 0 Å². The molecule has 3 nitrogen and oxygen atoms in total. The van der Waals surface area contributed by atoms with E-state index in [1.54, 1.807) is 0 Å². The van der Waals surface area contributed by atoms with Gasteiger partial charge in [0.1, 0.15) is 5.82 Å². The first kappa shape index (κ1) is 10.3. The number of nitrogens with one attached hydrogen (secondary N) is 1. The normalized spacial score (nSPS) is 30.1. The Morgan fingerprint density at radius 1 is 1.38 bits per heavy atom. The number of aryl methyl sites for hydroxylation is 1. The van der Waals surface area contributed by atoms with Gasteiger partial charge in [-0.15, -0.1) is 0 Å². The lowest BCUT2D eigenvalue weighted by molar-refractivity contribution is 0.454. The monoisotopic (exact) mass is 219 g/mol. The Morgan fingerprint density at radius 2 is 2.31 bits per heavy atom. The van der Waals surface area contributed by atoms with Crippen LogP contribution in [0.1, 0.15) is 56.0 Å². The van der Waals surface area contributed by atoms with Crippen molar-refractivity contribution in [1.29, 1.82) is 0 Å². The van der Waals surface area contributed by atoms with Gasteiger partial charge in [-0.1, -0.05) is 6.92 Å². The van der Waals surface area contributed by atoms with Crippen molar-refractivity contribution < 1.29 is 0 Å². The molecule has 0 bridgehead atoms. The van der Waals surface area contributed by atoms with Gasteiger partial charge in [-0.2, -0.15) is 0 Å². The van der Waals surface area contributed by atoms with Gasteiger partial charge in [0.25, 0.3) is 0 Å². The lowest BCUT2D eigenvalue weighted by Gasteiger charge is -2.20. The lowest BCUT2D eigenvalue weighted by atomic mass is 9.97. The molecule has 0 radical (unpaired) electrons. The molecule has 16 heavy (non-hydrogen) atoms. The van der Waals surface area contributed by atoms with Crippen LogP contribution in [-0.4, -0.2) is 22.6 Å². The molecule has 3 heterocycles. The van der Waals surface area contributed by atoms with Crippen LogP contribution in [0.4, 0.5) is 0 Å². The van der Waals surface area contributed by atoms with Crippen LogP contribution in [0.25, 0.3) is 0 Å². The van der Waals surface area contributed by atoms with Gasteiger partial charge in [0.2, 0.25) is 0 Å². The second kappa shape index (κ2) is 4.21. The molecule has 2 aliphatic rings. The van der Waals surface area contributed by atoms with E-state index in [-0.39, 0.29) is 0 Å². The van der Waals surface area contributed by atoms with Crippen LogP contribution < -0.4 is 5.32 Å². The SMILES string of the molecule is CC1CCCn2cc(C3CCCNC3)nc21. The standard InChI is InChI=1S/C13H21N3/c1-10-4-3-7-16-9-12(15-13(10)16)11-5-2-6-14-8-11/h9-11,14H,2-8H2,1H3. The molecule has 3 rings (SSSR count). The first-order valence-electron chi connectivity index (χ1n) is 6.62. The Morgan fingerprint density at radius 3 is 3.06 bits per heavy atom. The maximum absolute atomic E-state index is 4.88. The van der Waals surface area contributed by atoms with Crippen LogP contribution in [-0.2, 0) is 6.54 Å². The summed E-state index contributed by atoms with van der Waals surface area (Å²) in [5, 5.41) is 3.48. The molecule has 2 unspecified atom stereocenters. The van der Waals surface area contributed by atoms with Crippen molar-refractivity contribution in [2.24, 2.45) is 0 Å². The number of rotatable bonds is 1. The van der Waals surface area contributed by atoms with Crippen molar-refractivity contribution in [2.45, 2.75) is 51.0 Å². The van der Waals surface area contributed by atoms with Gasteiger partial charge in [-0.05, 0) is 32.2 Å². The molecule has 2 aliphatic heterocycles. The highest BCUT2D eigenvalue weighted by molar-refractivity contribution is 5.14. The zero-order valence-corrected chi connectivity index (χ0v) is 10.1. The smallest absolute Gasteiger partial charge is 0.111 e. The van der Waals surface area contributed by atoms with E-state index >= 15 is 0 Å². The van der Waals surface area contributed by atoms with E-state index in [0.29, 0.717) is 11.8 Å². The highest BCUT2D eigenvalue weighted by Crippen LogP contribution is 2.29. The predicted octanol–water partition coefficient (Wildman–Crippen LogP) is 2.25. The summed E-state index contributed by atoms with van der Waals surface area (Å²) < 4.78 is 2.39. The average molecular weight is 219 g/mol. The summed E-state index contributed by atoms with van der Waals surface area (Å²) >= 11 is 0. The van der Waals surface area contributed by atoms with Gasteiger partial charge in [-0.3, -0.25) is 0 Å². The van der Waals surface area contributed by atoms with Crippen LogP contribution in [0.15, 0.2) is 6.20 Å². The van der Waals surface area contributed by atoms with Gasteiger partial charge in [-0.25, -0.2) is 4.98 Å². The number of imidazole rings is 1. The van der Waals surface area contributed by atoms with E-state index < -0.39 is 0 Å². The summed E-state index contributed by atoms with van der Waals surface area (Å²) in [5.41, 5.74) is 1.33. The highest BCUT2D eigenvalue weighted by atomic mass is 15.1. The Balaban J connectivity index is 1.85. The average Bonchev–Trinajstić information content (AvgIpc) is 2.76. The van der Waals surface area contributed by atoms with Crippen molar-refractivity contribution in [3.05, 3.63) is 17.7 Å². The Bertz CT molecular complexity index is 363. The Hall–Kier alpha value is -0.830. The third-order valence-electron chi connectivity index (χ3n) is 4.02. The summed E-state index contributed by atoms with van der Waals surface area (Å²) in [6.07, 6.45) is 7.52. The molecule has 2 atom stereocenters. The molecule has 0 spiro atoms. The highest BCUT2D eigenvalue weighted by Gasteiger charge is 2.23. The lowest BCUT2D eigenvalue weighted by Crippen LogP contribution is -2.28. The first-order valence-corrected chi connectivity index (χ1v) is 6.62. The zero-order chi connectivity index (χ0) is 11.0. The number of piperidine rings is 1. The van der Waals surface area contributed by atoms with E-state index in [9.17, 15) is 0 Å². The second-order valence-electron chi connectivity index (χ2n) is 5.30. The number of hydrogen-bond donors (Lipinski definition) is 1. The van der Waals surface area contributed by atoms with E-state index in [1.807, 2.05) is 0 Å². The van der Waals surface area contributed by atoms with Crippen molar-refractivity contribution in [1.82, 2.24) is 14.9 Å². The molecule has 1 aromatic heterocycles. The third-order valence-corrected chi connectivity index (χ3v) is 4.02. The molecule has 0 aliphatic carbocycles. The zero-order valence-electron chi connectivity index (χ0n) is 10.1. The number of fused-ring (bicyclic) bond motifs is 1. The summed E-state index contributed by atoms with van der Waals surface area (Å²) in [4.78, 5) is 4.88. The van der Waals surface area contributed by atoms with Gasteiger partial charge in [0, 0.05) is 31.1 Å². The van der Waals surface area contributed by atoms with E-state index in [0.717, 1.165) is 6.54 Å². The van der Waals surface area contributed by atoms with E-state index in [4.69, 9.17) is 4.98 Å². The maximum Gasteiger partial charge on any atom is 0.111 e. The van der Waals surface area contributed by atoms with Crippen molar-refractivity contribution >= 4 is 0 Å². The molecule has 88 valence electrons. The van der Waals surface area contributed by atoms with Gasteiger partial charge in [0.15, 0.2) is 0 Å². The molecule has 1 aromatic rings.